The summed E-state index contributed by atoms with van der Waals surface area (Å²) in [4.78, 5) is 24.3. The predicted molar refractivity (Wildman–Crippen MR) is 68.4 cm³/mol. The molecule has 98 valence electrons. The van der Waals surface area contributed by atoms with E-state index < -0.39 is 5.97 Å². The van der Waals surface area contributed by atoms with Gasteiger partial charge in [0, 0.05) is 24.9 Å². The number of amides is 2. The number of nitrogens with zero attached hydrogens (tertiary/aromatic N) is 1. The zero-order valence-electron chi connectivity index (χ0n) is 10.1. The number of carbonyl (C=O) groups is 2. The van der Waals surface area contributed by atoms with E-state index >= 15 is 0 Å². The summed E-state index contributed by atoms with van der Waals surface area (Å²) in [6.45, 7) is 3.40. The standard InChI is InChI=1S/C11H20N2O3S/c1-2-9(8-10(14)15)12-11(16)13-4-3-6-17-7-5-13/h9H,2-8H2,1H3,(H,12,16)(H,14,15). The van der Waals surface area contributed by atoms with Gasteiger partial charge in [-0.05, 0) is 18.6 Å². The van der Waals surface area contributed by atoms with Crippen molar-refractivity contribution >= 4 is 23.8 Å². The number of carboxylic acid groups (broad SMARTS) is 1. The number of aliphatic carboxylic acids is 1. The second kappa shape index (κ2) is 7.42. The molecule has 6 heteroatoms. The van der Waals surface area contributed by atoms with Crippen molar-refractivity contribution in [2.45, 2.75) is 32.2 Å². The third kappa shape index (κ3) is 5.30. The first-order chi connectivity index (χ1) is 8.13. The Bertz CT molecular complexity index is 265. The van der Waals surface area contributed by atoms with E-state index in [1.54, 1.807) is 4.90 Å². The summed E-state index contributed by atoms with van der Waals surface area (Å²) < 4.78 is 0. The number of urea groups is 1. The Hall–Kier alpha value is -0.910. The highest BCUT2D eigenvalue weighted by Crippen LogP contribution is 2.10. The van der Waals surface area contributed by atoms with Crippen LogP contribution in [0.3, 0.4) is 0 Å². The molecule has 0 bridgehead atoms. The molecule has 17 heavy (non-hydrogen) atoms. The van der Waals surface area contributed by atoms with E-state index in [9.17, 15) is 9.59 Å². The average molecular weight is 260 g/mol. The Morgan fingerprint density at radius 2 is 2.18 bits per heavy atom. The Labute approximate surface area is 106 Å². The van der Waals surface area contributed by atoms with Crippen LogP contribution in [-0.2, 0) is 4.79 Å². The molecule has 1 rings (SSSR count). The van der Waals surface area contributed by atoms with Gasteiger partial charge in [-0.2, -0.15) is 11.8 Å². The maximum Gasteiger partial charge on any atom is 0.317 e. The van der Waals surface area contributed by atoms with Gasteiger partial charge in [-0.1, -0.05) is 6.92 Å². The van der Waals surface area contributed by atoms with Crippen LogP contribution in [-0.4, -0.2) is 52.6 Å². The van der Waals surface area contributed by atoms with Crippen LogP contribution in [0, 0.1) is 0 Å². The van der Waals surface area contributed by atoms with E-state index in [1.807, 2.05) is 18.7 Å². The van der Waals surface area contributed by atoms with Gasteiger partial charge in [0.1, 0.15) is 0 Å². The molecule has 1 fully saturated rings. The number of hydrogen-bond acceptors (Lipinski definition) is 3. The largest absolute Gasteiger partial charge is 0.481 e. The second-order valence-corrected chi connectivity index (χ2v) is 5.33. The van der Waals surface area contributed by atoms with Crippen LogP contribution in [0.2, 0.25) is 0 Å². The minimum Gasteiger partial charge on any atom is -0.481 e. The highest BCUT2D eigenvalue weighted by atomic mass is 32.2. The molecule has 1 aliphatic heterocycles. The molecule has 1 heterocycles. The molecule has 1 aliphatic rings. The van der Waals surface area contributed by atoms with E-state index in [2.05, 4.69) is 5.32 Å². The lowest BCUT2D eigenvalue weighted by Gasteiger charge is -2.23. The zero-order valence-corrected chi connectivity index (χ0v) is 11.0. The minimum absolute atomic E-state index is 0.00910. The lowest BCUT2D eigenvalue weighted by Crippen LogP contribution is -2.46. The molecule has 1 unspecified atom stereocenters. The summed E-state index contributed by atoms with van der Waals surface area (Å²) in [5.74, 6) is 1.18. The van der Waals surface area contributed by atoms with Crippen LogP contribution in [0.15, 0.2) is 0 Å². The molecule has 0 aromatic rings. The molecular formula is C11H20N2O3S. The van der Waals surface area contributed by atoms with Gasteiger partial charge >= 0.3 is 12.0 Å². The van der Waals surface area contributed by atoms with Gasteiger partial charge in [-0.25, -0.2) is 4.79 Å². The van der Waals surface area contributed by atoms with E-state index in [-0.39, 0.29) is 18.5 Å². The van der Waals surface area contributed by atoms with Gasteiger partial charge in [-0.15, -0.1) is 0 Å². The number of hydrogen-bond donors (Lipinski definition) is 2. The van der Waals surface area contributed by atoms with Crippen LogP contribution in [0.4, 0.5) is 4.79 Å². The van der Waals surface area contributed by atoms with Gasteiger partial charge in [0.25, 0.3) is 0 Å². The van der Waals surface area contributed by atoms with Gasteiger partial charge in [0.05, 0.1) is 6.42 Å². The van der Waals surface area contributed by atoms with Crippen LogP contribution in [0.1, 0.15) is 26.2 Å². The van der Waals surface area contributed by atoms with Crippen LogP contribution < -0.4 is 5.32 Å². The maximum absolute atomic E-state index is 11.9. The Balaban J connectivity index is 2.42. The van der Waals surface area contributed by atoms with E-state index in [1.165, 1.54) is 0 Å². The molecule has 1 atom stereocenters. The van der Waals surface area contributed by atoms with E-state index in [4.69, 9.17) is 5.11 Å². The van der Waals surface area contributed by atoms with Gasteiger partial charge in [0.15, 0.2) is 0 Å². The van der Waals surface area contributed by atoms with Gasteiger partial charge in [0.2, 0.25) is 0 Å². The lowest BCUT2D eigenvalue weighted by atomic mass is 10.1. The van der Waals surface area contributed by atoms with Crippen molar-refractivity contribution < 1.29 is 14.7 Å². The highest BCUT2D eigenvalue weighted by molar-refractivity contribution is 7.99. The van der Waals surface area contributed by atoms with Gasteiger partial charge in [-0.3, -0.25) is 4.79 Å². The Morgan fingerprint density at radius 1 is 1.41 bits per heavy atom. The van der Waals surface area contributed by atoms with Crippen molar-refractivity contribution in [3.8, 4) is 0 Å². The molecule has 0 aromatic carbocycles. The zero-order chi connectivity index (χ0) is 12.7. The molecule has 0 aromatic heterocycles. The first-order valence-electron chi connectivity index (χ1n) is 5.98. The lowest BCUT2D eigenvalue weighted by molar-refractivity contribution is -0.137. The normalized spacial score (nSPS) is 18.3. The van der Waals surface area contributed by atoms with Crippen molar-refractivity contribution in [3.05, 3.63) is 0 Å². The van der Waals surface area contributed by atoms with Crippen LogP contribution in [0.5, 0.6) is 0 Å². The quantitative estimate of drug-likeness (QED) is 0.801. The fraction of sp³-hybridized carbons (Fsp3) is 0.818. The van der Waals surface area contributed by atoms with Crippen molar-refractivity contribution in [3.63, 3.8) is 0 Å². The molecule has 2 N–H and O–H groups in total. The van der Waals surface area contributed by atoms with Crippen molar-refractivity contribution in [1.82, 2.24) is 10.2 Å². The number of carbonyl (C=O) groups excluding carboxylic acids is 1. The van der Waals surface area contributed by atoms with Crippen molar-refractivity contribution in [1.29, 1.82) is 0 Å². The predicted octanol–water partition coefficient (Wildman–Crippen LogP) is 1.39. The number of nitrogens with one attached hydrogen (secondary N) is 1. The fourth-order valence-electron chi connectivity index (χ4n) is 1.72. The number of thioether (sulfide) groups is 1. The maximum atomic E-state index is 11.9. The first kappa shape index (κ1) is 14.2. The smallest absolute Gasteiger partial charge is 0.317 e. The molecular weight excluding hydrogens is 240 g/mol. The average Bonchev–Trinajstić information content (AvgIpc) is 2.55. The summed E-state index contributed by atoms with van der Waals surface area (Å²) in [5, 5.41) is 11.5. The minimum atomic E-state index is -0.872. The number of rotatable bonds is 4. The molecule has 0 spiro atoms. The third-order valence-electron chi connectivity index (χ3n) is 2.75. The molecule has 0 aliphatic carbocycles. The highest BCUT2D eigenvalue weighted by Gasteiger charge is 2.19. The van der Waals surface area contributed by atoms with E-state index in [0.29, 0.717) is 6.42 Å². The summed E-state index contributed by atoms with van der Waals surface area (Å²) >= 11 is 1.86. The summed E-state index contributed by atoms with van der Waals surface area (Å²) in [7, 11) is 0. The molecule has 0 radical (unpaired) electrons. The second-order valence-electron chi connectivity index (χ2n) is 4.11. The fourth-order valence-corrected chi connectivity index (χ4v) is 2.61. The van der Waals surface area contributed by atoms with E-state index in [0.717, 1.165) is 31.0 Å². The molecule has 0 saturated carbocycles. The molecule has 5 nitrogen and oxygen atoms in total. The Kier molecular flexibility index (Phi) is 6.18. The summed E-state index contributed by atoms with van der Waals surface area (Å²) in [5.41, 5.74) is 0. The van der Waals surface area contributed by atoms with Crippen molar-refractivity contribution in [2.75, 3.05) is 24.6 Å². The van der Waals surface area contributed by atoms with Crippen LogP contribution >= 0.6 is 11.8 Å². The van der Waals surface area contributed by atoms with Crippen molar-refractivity contribution in [2.24, 2.45) is 0 Å². The Morgan fingerprint density at radius 3 is 2.82 bits per heavy atom. The third-order valence-corrected chi connectivity index (χ3v) is 3.80. The topological polar surface area (TPSA) is 69.6 Å². The molecule has 1 saturated heterocycles. The summed E-state index contributed by atoms with van der Waals surface area (Å²) in [6, 6.07) is -0.392. The first-order valence-corrected chi connectivity index (χ1v) is 7.14. The number of carboxylic acids is 1. The summed E-state index contributed by atoms with van der Waals surface area (Å²) in [6.07, 6.45) is 1.64. The SMILES string of the molecule is CCC(CC(=O)O)NC(=O)N1CCCSCC1. The monoisotopic (exact) mass is 260 g/mol. The van der Waals surface area contributed by atoms with Crippen LogP contribution in [0.25, 0.3) is 0 Å². The van der Waals surface area contributed by atoms with Gasteiger partial charge < -0.3 is 15.3 Å². The molecule has 2 amide bonds.